The molecule has 54 heavy (non-hydrogen) atoms. The van der Waals surface area contributed by atoms with E-state index in [4.69, 9.17) is 30.6 Å². The summed E-state index contributed by atoms with van der Waals surface area (Å²) in [6.07, 6.45) is 12.1. The molecule has 0 aliphatic carbocycles. The second-order valence-electron chi connectivity index (χ2n) is 15.8. The second-order valence-corrected chi connectivity index (χ2v) is 17.7. The molecular formula is C32H48B2F6FeN12P. The van der Waals surface area contributed by atoms with Crippen LogP contribution in [0.1, 0.15) is 75.7 Å². The van der Waals surface area contributed by atoms with Crippen LogP contribution in [0.4, 0.5) is 25.2 Å². The van der Waals surface area contributed by atoms with E-state index in [0.29, 0.717) is 0 Å². The Bertz CT molecular complexity index is 1820. The van der Waals surface area contributed by atoms with Gasteiger partial charge in [-0.25, -0.2) is 30.6 Å². The number of nitrogens with zero attached hydrogens (tertiary/aromatic N) is 12. The van der Waals surface area contributed by atoms with Crippen LogP contribution in [-0.4, -0.2) is 71.3 Å². The zero-order valence-electron chi connectivity index (χ0n) is 32.5. The summed E-state index contributed by atoms with van der Waals surface area (Å²) in [5, 5.41) is 28.1. The third-order valence-corrected chi connectivity index (χ3v) is 8.99. The van der Waals surface area contributed by atoms with E-state index >= 15 is 0 Å². The van der Waals surface area contributed by atoms with E-state index in [1.807, 2.05) is 143 Å². The summed E-state index contributed by atoms with van der Waals surface area (Å²) in [4.78, 5) is 0. The number of halogens is 6. The number of hydrogen-bond donors (Lipinski definition) is 0. The Labute approximate surface area is 322 Å². The van der Waals surface area contributed by atoms with Gasteiger partial charge < -0.3 is 27.6 Å². The molecular weight excluding hydrogens is 775 g/mol. The van der Waals surface area contributed by atoms with Crippen molar-refractivity contribution in [2.75, 3.05) is 0 Å². The third kappa shape index (κ3) is 9.77. The van der Waals surface area contributed by atoms with E-state index in [0.717, 1.165) is 34.2 Å². The smallest absolute Gasteiger partial charge is 3.00 e. The van der Waals surface area contributed by atoms with Crippen LogP contribution >= 0.6 is 7.81 Å². The SMILES string of the molecule is Cc1ccn([B-](n2ccc(C)n2)(n2ccc(C)n2)C(C)(C)C)n1.Cc1ccn([B-](n2ccc(C)n2)(n2ccc(C)n2)C(C)(C)C)n1.F[P-](F)(F)(F)(F)F.[Fe+3]. The van der Waals surface area contributed by atoms with Crippen LogP contribution in [-0.2, 0) is 17.1 Å². The minimum atomic E-state index is -10.7. The van der Waals surface area contributed by atoms with Gasteiger partial charge in [0, 0.05) is 0 Å². The fourth-order valence-electron chi connectivity index (χ4n) is 6.91. The van der Waals surface area contributed by atoms with E-state index < -0.39 is 20.9 Å². The molecule has 0 N–H and O–H groups in total. The van der Waals surface area contributed by atoms with Crippen LogP contribution in [0.25, 0.3) is 0 Å². The van der Waals surface area contributed by atoms with E-state index in [-0.39, 0.29) is 27.7 Å². The van der Waals surface area contributed by atoms with E-state index in [9.17, 15) is 25.2 Å². The first-order valence-electron chi connectivity index (χ1n) is 17.0. The molecule has 0 aromatic carbocycles. The molecule has 12 nitrogen and oxygen atoms in total. The standard InChI is InChI=1S/2C16H24BN6.F6P.Fe/c2*1-13-7-10-21(18-13)17(16(4,5)6,22-11-8-14(2)19-22)23-12-9-15(3)20-23;1-7(2,3,4,5)6;/h2*7-12H,1-6H3;;/q3*-1;+3. The Balaban J connectivity index is 0.000000244. The average Bonchev–Trinajstić information content (AvgIpc) is 3.81. The maximum Gasteiger partial charge on any atom is 3.00 e. The van der Waals surface area contributed by atoms with Gasteiger partial charge in [-0.05, 0) is 115 Å². The first kappa shape index (κ1) is 44.3. The maximum absolute atomic E-state index is 10.7. The first-order valence-corrected chi connectivity index (χ1v) is 19.0. The summed E-state index contributed by atoms with van der Waals surface area (Å²) in [5.74, 6) is 0. The zero-order valence-corrected chi connectivity index (χ0v) is 34.5. The van der Waals surface area contributed by atoms with Crippen molar-refractivity contribution in [3.05, 3.63) is 108 Å². The maximum atomic E-state index is 9.87. The van der Waals surface area contributed by atoms with Gasteiger partial charge in [-0.2, -0.15) is 0 Å². The minimum Gasteiger partial charge on any atom is 3.00 e. The fraction of sp³-hybridized carbons (Fsp3) is 0.438. The van der Waals surface area contributed by atoms with Crippen molar-refractivity contribution in [2.24, 2.45) is 0 Å². The molecule has 297 valence electrons. The van der Waals surface area contributed by atoms with Gasteiger partial charge >= 0.3 is 63.2 Å². The van der Waals surface area contributed by atoms with Crippen molar-refractivity contribution >= 4 is 20.9 Å². The molecule has 0 atom stereocenters. The predicted molar refractivity (Wildman–Crippen MR) is 199 cm³/mol. The molecule has 1 radical (unpaired) electrons. The summed E-state index contributed by atoms with van der Waals surface area (Å²) < 4.78 is 71.3. The second kappa shape index (κ2) is 14.2. The van der Waals surface area contributed by atoms with Gasteiger partial charge in [0.25, 0.3) is 0 Å². The minimum absolute atomic E-state index is 0. The van der Waals surface area contributed by atoms with Crippen LogP contribution in [0.5, 0.6) is 0 Å². The molecule has 0 aliphatic rings. The fourth-order valence-corrected chi connectivity index (χ4v) is 6.91. The van der Waals surface area contributed by atoms with Gasteiger partial charge in [0.1, 0.15) is 0 Å². The Kier molecular flexibility index (Phi) is 11.7. The first-order chi connectivity index (χ1) is 23.9. The number of rotatable bonds is 6. The quantitative estimate of drug-likeness (QED) is 0.0943. The summed E-state index contributed by atoms with van der Waals surface area (Å²) in [6, 6.07) is 12.1. The molecule has 0 saturated carbocycles. The summed E-state index contributed by atoms with van der Waals surface area (Å²) in [6.45, 7) is 22.1. The topological polar surface area (TPSA) is 107 Å². The van der Waals surface area contributed by atoms with Crippen molar-refractivity contribution in [1.82, 2.24) is 58.1 Å². The zero-order chi connectivity index (χ0) is 40.1. The van der Waals surface area contributed by atoms with Crippen molar-refractivity contribution in [1.29, 1.82) is 0 Å². The van der Waals surface area contributed by atoms with Gasteiger partial charge in [-0.3, -0.25) is 0 Å². The predicted octanol–water partition coefficient (Wildman–Crippen LogP) is 9.15. The molecule has 22 heteroatoms. The third-order valence-electron chi connectivity index (χ3n) is 8.99. The van der Waals surface area contributed by atoms with Crippen molar-refractivity contribution in [3.8, 4) is 0 Å². The van der Waals surface area contributed by atoms with Crippen molar-refractivity contribution in [2.45, 2.75) is 93.7 Å². The molecule has 0 saturated heterocycles. The van der Waals surface area contributed by atoms with Gasteiger partial charge in [-0.1, -0.05) is 52.2 Å². The molecule has 0 fully saturated rings. The Morgan fingerprint density at radius 3 is 0.593 bits per heavy atom. The van der Waals surface area contributed by atoms with Crippen molar-refractivity contribution < 1.29 is 42.3 Å². The normalized spacial score (nSPS) is 13.9. The van der Waals surface area contributed by atoms with Crippen LogP contribution < -0.4 is 0 Å². The van der Waals surface area contributed by atoms with Crippen LogP contribution in [0.3, 0.4) is 0 Å². The summed E-state index contributed by atoms with van der Waals surface area (Å²) >= 11 is 0. The number of aromatic nitrogens is 12. The molecule has 6 heterocycles. The van der Waals surface area contributed by atoms with E-state index in [1.165, 1.54) is 0 Å². The summed E-state index contributed by atoms with van der Waals surface area (Å²) in [5.41, 5.74) is 5.88. The van der Waals surface area contributed by atoms with E-state index in [2.05, 4.69) is 41.5 Å². The molecule has 6 aromatic heterocycles. The molecule has 6 rings (SSSR count). The van der Waals surface area contributed by atoms with Crippen LogP contribution in [0.2, 0.25) is 10.6 Å². The van der Waals surface area contributed by atoms with Crippen molar-refractivity contribution in [3.63, 3.8) is 0 Å². The van der Waals surface area contributed by atoms with Gasteiger partial charge in [0.15, 0.2) is 0 Å². The van der Waals surface area contributed by atoms with Crippen LogP contribution in [0, 0.1) is 41.5 Å². The van der Waals surface area contributed by atoms with Gasteiger partial charge in [-0.15, -0.1) is 0 Å². The molecule has 0 unspecified atom stereocenters. The largest absolute Gasteiger partial charge is 3.00 e. The molecule has 0 bridgehead atoms. The average molecular weight is 823 g/mol. The molecule has 0 spiro atoms. The molecule has 6 aromatic rings. The molecule has 0 aliphatic heterocycles. The molecule has 0 amide bonds. The number of aryl methyl sites for hydroxylation is 6. The Morgan fingerprint density at radius 2 is 0.519 bits per heavy atom. The van der Waals surface area contributed by atoms with E-state index in [1.54, 1.807) is 0 Å². The van der Waals surface area contributed by atoms with Gasteiger partial charge in [0.2, 0.25) is 0 Å². The summed E-state index contributed by atoms with van der Waals surface area (Å²) in [7, 11) is -10.7. The number of hydrogen-bond acceptors (Lipinski definition) is 6. The monoisotopic (exact) mass is 823 g/mol. The van der Waals surface area contributed by atoms with Gasteiger partial charge in [0.05, 0.1) is 34.2 Å². The Morgan fingerprint density at radius 1 is 0.389 bits per heavy atom. The van der Waals surface area contributed by atoms with Crippen LogP contribution in [0.15, 0.2) is 73.6 Å². The Hall–Kier alpha value is -4.08.